The largest absolute Gasteiger partial charge is 0.414 e. The second-order valence-electron chi connectivity index (χ2n) is 3.99. The molecule has 0 saturated heterocycles. The van der Waals surface area contributed by atoms with Gasteiger partial charge in [0.15, 0.2) is 0 Å². The van der Waals surface area contributed by atoms with Crippen molar-refractivity contribution in [3.63, 3.8) is 0 Å². The van der Waals surface area contributed by atoms with Gasteiger partial charge in [0, 0.05) is 14.1 Å². The Kier molecular flexibility index (Phi) is 3.72. The summed E-state index contributed by atoms with van der Waals surface area (Å²) in [5, 5.41) is 0. The topological polar surface area (TPSA) is 29.5 Å². The van der Waals surface area contributed by atoms with Gasteiger partial charge in [0.2, 0.25) is 0 Å². The number of carbonyl (C=O) groups is 1. The first kappa shape index (κ1) is 11.6. The molecule has 1 aromatic carbocycles. The van der Waals surface area contributed by atoms with Crippen LogP contribution in [-0.2, 0) is 0 Å². The van der Waals surface area contributed by atoms with E-state index >= 15 is 0 Å². The van der Waals surface area contributed by atoms with E-state index < -0.39 is 0 Å². The number of benzene rings is 1. The quantitative estimate of drug-likeness (QED) is 0.746. The fraction of sp³-hybridized carbons (Fsp3) is 0.417. The Bertz CT molecular complexity index is 345. The molecule has 1 rings (SSSR count). The molecule has 0 bridgehead atoms. The molecule has 0 aliphatic rings. The molecule has 0 heterocycles. The third-order valence-corrected chi connectivity index (χ3v) is 2.10. The van der Waals surface area contributed by atoms with E-state index in [4.69, 9.17) is 4.74 Å². The maximum Gasteiger partial charge on any atom is 0.414 e. The lowest BCUT2D eigenvalue weighted by Crippen LogP contribution is -2.25. The average Bonchev–Trinajstić information content (AvgIpc) is 2.18. The second kappa shape index (κ2) is 4.82. The first-order chi connectivity index (χ1) is 7.00. The van der Waals surface area contributed by atoms with E-state index in [1.807, 2.05) is 18.2 Å². The van der Waals surface area contributed by atoms with Gasteiger partial charge in [0.05, 0.1) is 0 Å². The van der Waals surface area contributed by atoms with Gasteiger partial charge < -0.3 is 9.64 Å². The molecule has 0 fully saturated rings. The number of carbonyl (C=O) groups excluding carboxylic acids is 1. The normalized spacial score (nSPS) is 10.2. The van der Waals surface area contributed by atoms with Crippen LogP contribution < -0.4 is 4.74 Å². The van der Waals surface area contributed by atoms with Crippen LogP contribution >= 0.6 is 0 Å². The summed E-state index contributed by atoms with van der Waals surface area (Å²) < 4.78 is 5.15. The summed E-state index contributed by atoms with van der Waals surface area (Å²) >= 11 is 0. The summed E-state index contributed by atoms with van der Waals surface area (Å²) in [4.78, 5) is 12.7. The van der Waals surface area contributed by atoms with Crippen LogP contribution in [0.1, 0.15) is 25.3 Å². The molecule has 0 aromatic heterocycles. The molecule has 1 aromatic rings. The first-order valence-corrected chi connectivity index (χ1v) is 5.00. The molecule has 82 valence electrons. The third kappa shape index (κ3) is 3.27. The molecule has 3 nitrogen and oxygen atoms in total. The van der Waals surface area contributed by atoms with Gasteiger partial charge in [0.25, 0.3) is 0 Å². The van der Waals surface area contributed by atoms with Crippen LogP contribution in [0, 0.1) is 0 Å². The van der Waals surface area contributed by atoms with Gasteiger partial charge in [-0.15, -0.1) is 0 Å². The van der Waals surface area contributed by atoms with Crippen molar-refractivity contribution in [2.24, 2.45) is 0 Å². The number of hydrogen-bond donors (Lipinski definition) is 0. The monoisotopic (exact) mass is 207 g/mol. The van der Waals surface area contributed by atoms with Crippen molar-refractivity contribution in [1.82, 2.24) is 4.90 Å². The maximum atomic E-state index is 11.3. The molecule has 1 amide bonds. The Morgan fingerprint density at radius 2 is 2.00 bits per heavy atom. The summed E-state index contributed by atoms with van der Waals surface area (Å²) in [6.45, 7) is 4.21. The highest BCUT2D eigenvalue weighted by molar-refractivity contribution is 5.70. The highest BCUT2D eigenvalue weighted by atomic mass is 16.6. The van der Waals surface area contributed by atoms with Crippen molar-refractivity contribution in [1.29, 1.82) is 0 Å². The van der Waals surface area contributed by atoms with E-state index in [-0.39, 0.29) is 6.09 Å². The summed E-state index contributed by atoms with van der Waals surface area (Å²) in [7, 11) is 3.32. The number of ether oxygens (including phenoxy) is 1. The van der Waals surface area contributed by atoms with Crippen molar-refractivity contribution in [2.45, 2.75) is 19.8 Å². The Labute approximate surface area is 90.7 Å². The Hall–Kier alpha value is -1.51. The van der Waals surface area contributed by atoms with E-state index in [9.17, 15) is 4.79 Å². The van der Waals surface area contributed by atoms with Crippen LogP contribution in [0.15, 0.2) is 24.3 Å². The fourth-order valence-corrected chi connectivity index (χ4v) is 1.13. The summed E-state index contributed by atoms with van der Waals surface area (Å²) in [6.07, 6.45) is -0.351. The first-order valence-electron chi connectivity index (χ1n) is 5.00. The van der Waals surface area contributed by atoms with Crippen LogP contribution in [0.25, 0.3) is 0 Å². The lowest BCUT2D eigenvalue weighted by Gasteiger charge is -2.12. The second-order valence-corrected chi connectivity index (χ2v) is 3.99. The van der Waals surface area contributed by atoms with Gasteiger partial charge in [-0.3, -0.25) is 0 Å². The van der Waals surface area contributed by atoms with E-state index in [0.29, 0.717) is 11.7 Å². The zero-order valence-electron chi connectivity index (χ0n) is 9.65. The Balaban J connectivity index is 2.78. The van der Waals surface area contributed by atoms with Gasteiger partial charge in [-0.1, -0.05) is 26.0 Å². The van der Waals surface area contributed by atoms with E-state index in [0.717, 1.165) is 0 Å². The van der Waals surface area contributed by atoms with Crippen LogP contribution in [0.4, 0.5) is 4.79 Å². The zero-order valence-corrected chi connectivity index (χ0v) is 9.65. The molecule has 0 atom stereocenters. The van der Waals surface area contributed by atoms with Crippen molar-refractivity contribution in [3.8, 4) is 5.75 Å². The van der Waals surface area contributed by atoms with Gasteiger partial charge in [-0.05, 0) is 23.6 Å². The summed E-state index contributed by atoms with van der Waals surface area (Å²) in [5.41, 5.74) is 1.17. The minimum atomic E-state index is -0.351. The SMILES string of the molecule is CC(C)c1cccc(OC(=O)N(C)C)c1. The van der Waals surface area contributed by atoms with Gasteiger partial charge in [0.1, 0.15) is 5.75 Å². The van der Waals surface area contributed by atoms with Crippen LogP contribution in [0.5, 0.6) is 5.75 Å². The van der Waals surface area contributed by atoms with Crippen LogP contribution in [0.3, 0.4) is 0 Å². The Morgan fingerprint density at radius 1 is 1.33 bits per heavy atom. The predicted octanol–water partition coefficient (Wildman–Crippen LogP) is 2.87. The zero-order chi connectivity index (χ0) is 11.4. The number of amides is 1. The molecule has 15 heavy (non-hydrogen) atoms. The molecule has 3 heteroatoms. The predicted molar refractivity (Wildman–Crippen MR) is 60.2 cm³/mol. The maximum absolute atomic E-state index is 11.3. The van der Waals surface area contributed by atoms with Crippen molar-refractivity contribution in [2.75, 3.05) is 14.1 Å². The lowest BCUT2D eigenvalue weighted by atomic mass is 10.0. The van der Waals surface area contributed by atoms with Gasteiger partial charge >= 0.3 is 6.09 Å². The third-order valence-electron chi connectivity index (χ3n) is 2.10. The van der Waals surface area contributed by atoms with Crippen LogP contribution in [0.2, 0.25) is 0 Å². The highest BCUT2D eigenvalue weighted by Gasteiger charge is 2.07. The van der Waals surface area contributed by atoms with Gasteiger partial charge in [-0.25, -0.2) is 4.79 Å². The van der Waals surface area contributed by atoms with E-state index in [2.05, 4.69) is 13.8 Å². The minimum Gasteiger partial charge on any atom is -0.410 e. The molecular weight excluding hydrogens is 190 g/mol. The number of rotatable bonds is 2. The molecule has 0 aliphatic carbocycles. The molecule has 0 saturated carbocycles. The molecule has 0 N–H and O–H groups in total. The molecule has 0 radical (unpaired) electrons. The smallest absolute Gasteiger partial charge is 0.410 e. The van der Waals surface area contributed by atoms with Crippen molar-refractivity contribution < 1.29 is 9.53 Å². The molecular formula is C12H17NO2. The van der Waals surface area contributed by atoms with Gasteiger partial charge in [-0.2, -0.15) is 0 Å². The number of hydrogen-bond acceptors (Lipinski definition) is 2. The van der Waals surface area contributed by atoms with Crippen molar-refractivity contribution >= 4 is 6.09 Å². The van der Waals surface area contributed by atoms with E-state index in [1.54, 1.807) is 20.2 Å². The lowest BCUT2D eigenvalue weighted by molar-refractivity contribution is 0.172. The fourth-order valence-electron chi connectivity index (χ4n) is 1.13. The molecule has 0 spiro atoms. The van der Waals surface area contributed by atoms with Crippen molar-refractivity contribution in [3.05, 3.63) is 29.8 Å². The summed E-state index contributed by atoms with van der Waals surface area (Å²) in [6, 6.07) is 7.60. The van der Waals surface area contributed by atoms with Crippen LogP contribution in [-0.4, -0.2) is 25.1 Å². The molecule has 0 unspecified atom stereocenters. The Morgan fingerprint density at radius 3 is 2.53 bits per heavy atom. The molecule has 0 aliphatic heterocycles. The number of nitrogens with zero attached hydrogens (tertiary/aromatic N) is 1. The standard InChI is InChI=1S/C12H17NO2/c1-9(2)10-6-5-7-11(8-10)15-12(14)13(3)4/h5-9H,1-4H3. The highest BCUT2D eigenvalue weighted by Crippen LogP contribution is 2.20. The van der Waals surface area contributed by atoms with E-state index in [1.165, 1.54) is 10.5 Å². The average molecular weight is 207 g/mol. The summed E-state index contributed by atoms with van der Waals surface area (Å²) in [5.74, 6) is 1.03. The minimum absolute atomic E-state index is 0.351.